The fourth-order valence-electron chi connectivity index (χ4n) is 1.18. The number of carboxylic acid groups (broad SMARTS) is 1. The van der Waals surface area contributed by atoms with Gasteiger partial charge in [-0.3, -0.25) is 0 Å². The van der Waals surface area contributed by atoms with Gasteiger partial charge >= 0.3 is 5.97 Å². The molecule has 1 heterocycles. The average Bonchev–Trinajstić information content (AvgIpc) is 2.53. The zero-order valence-electron chi connectivity index (χ0n) is 7.24. The molecule has 0 bridgehead atoms. The van der Waals surface area contributed by atoms with Crippen molar-refractivity contribution in [1.29, 1.82) is 0 Å². The van der Waals surface area contributed by atoms with Crippen molar-refractivity contribution in [1.82, 2.24) is 4.57 Å². The Bertz CT molecular complexity index is 283. The molecule has 4 heteroatoms. The molecule has 0 saturated heterocycles. The van der Waals surface area contributed by atoms with E-state index in [1.165, 1.54) is 0 Å². The van der Waals surface area contributed by atoms with Crippen molar-refractivity contribution < 1.29 is 9.90 Å². The van der Waals surface area contributed by atoms with Crippen LogP contribution in [0.4, 0.5) is 0 Å². The number of nitrogens with zero attached hydrogens (tertiary/aromatic N) is 1. The predicted octanol–water partition coefficient (Wildman–Crippen LogP) is 2.36. The Morgan fingerprint density at radius 2 is 2.31 bits per heavy atom. The molecule has 0 saturated carbocycles. The molecule has 0 atom stereocenters. The third kappa shape index (κ3) is 2.88. The van der Waals surface area contributed by atoms with E-state index in [9.17, 15) is 4.79 Å². The zero-order valence-corrected chi connectivity index (χ0v) is 8.83. The number of aromatic carboxylic acids is 1. The van der Waals surface area contributed by atoms with Gasteiger partial charge in [0.15, 0.2) is 0 Å². The minimum absolute atomic E-state index is 0.370. The van der Waals surface area contributed by atoms with E-state index in [0.29, 0.717) is 5.69 Å². The van der Waals surface area contributed by atoms with Crippen molar-refractivity contribution in [3.63, 3.8) is 0 Å². The minimum atomic E-state index is -0.858. The van der Waals surface area contributed by atoms with Gasteiger partial charge in [-0.1, -0.05) is 15.9 Å². The number of hydrogen-bond acceptors (Lipinski definition) is 1. The summed E-state index contributed by atoms with van der Waals surface area (Å²) in [5, 5.41) is 9.75. The molecule has 0 unspecified atom stereocenters. The van der Waals surface area contributed by atoms with Crippen LogP contribution >= 0.6 is 15.9 Å². The largest absolute Gasteiger partial charge is 0.477 e. The topological polar surface area (TPSA) is 42.2 Å². The summed E-state index contributed by atoms with van der Waals surface area (Å²) in [5.74, 6) is -0.858. The second-order valence-corrected chi connectivity index (χ2v) is 3.58. The molecule has 1 aromatic rings. The molecule has 1 rings (SSSR count). The fraction of sp³-hybridized carbons (Fsp3) is 0.444. The second kappa shape index (κ2) is 5.07. The number of aromatic nitrogens is 1. The number of aryl methyl sites for hydroxylation is 1. The summed E-state index contributed by atoms with van der Waals surface area (Å²) >= 11 is 3.34. The van der Waals surface area contributed by atoms with Gasteiger partial charge in [0.25, 0.3) is 0 Å². The number of hydrogen-bond donors (Lipinski definition) is 1. The molecule has 0 aliphatic heterocycles. The first-order chi connectivity index (χ1) is 6.25. The van der Waals surface area contributed by atoms with Crippen molar-refractivity contribution in [2.75, 3.05) is 5.33 Å². The highest BCUT2D eigenvalue weighted by atomic mass is 79.9. The highest BCUT2D eigenvalue weighted by Gasteiger charge is 2.07. The van der Waals surface area contributed by atoms with Gasteiger partial charge in [0.05, 0.1) is 0 Å². The summed E-state index contributed by atoms with van der Waals surface area (Å²) in [5.41, 5.74) is 0.370. The maximum atomic E-state index is 10.7. The summed E-state index contributed by atoms with van der Waals surface area (Å²) in [6.45, 7) is 0.778. The Kier molecular flexibility index (Phi) is 4.02. The first-order valence-electron chi connectivity index (χ1n) is 4.20. The van der Waals surface area contributed by atoms with Gasteiger partial charge in [0, 0.05) is 18.1 Å². The first-order valence-corrected chi connectivity index (χ1v) is 5.32. The Balaban J connectivity index is 2.55. The lowest BCUT2D eigenvalue weighted by atomic mass is 10.3. The fourth-order valence-corrected chi connectivity index (χ4v) is 1.58. The van der Waals surface area contributed by atoms with E-state index in [2.05, 4.69) is 15.9 Å². The monoisotopic (exact) mass is 245 g/mol. The summed E-state index contributed by atoms with van der Waals surface area (Å²) in [6.07, 6.45) is 3.87. The standard InChI is InChI=1S/C9H12BrNO2/c10-5-1-2-6-11-7-3-4-8(11)9(12)13/h3-4,7H,1-2,5-6H2,(H,12,13). The molecule has 1 aromatic heterocycles. The molecule has 0 amide bonds. The van der Waals surface area contributed by atoms with E-state index in [1.807, 2.05) is 0 Å². The molecule has 0 aliphatic rings. The third-order valence-electron chi connectivity index (χ3n) is 1.83. The first kappa shape index (κ1) is 10.3. The van der Waals surface area contributed by atoms with E-state index in [4.69, 9.17) is 5.11 Å². The maximum Gasteiger partial charge on any atom is 0.352 e. The number of carbonyl (C=O) groups is 1. The van der Waals surface area contributed by atoms with Gasteiger partial charge in [0.2, 0.25) is 0 Å². The molecular weight excluding hydrogens is 234 g/mol. The van der Waals surface area contributed by atoms with Gasteiger partial charge < -0.3 is 9.67 Å². The van der Waals surface area contributed by atoms with E-state index in [1.54, 1.807) is 22.9 Å². The van der Waals surface area contributed by atoms with Crippen molar-refractivity contribution in [2.45, 2.75) is 19.4 Å². The van der Waals surface area contributed by atoms with Crippen LogP contribution in [0.1, 0.15) is 23.3 Å². The lowest BCUT2D eigenvalue weighted by Crippen LogP contribution is -2.07. The van der Waals surface area contributed by atoms with Gasteiger partial charge in [-0.05, 0) is 25.0 Å². The Labute approximate surface area is 85.5 Å². The normalized spacial score (nSPS) is 10.2. The van der Waals surface area contributed by atoms with E-state index in [-0.39, 0.29) is 0 Å². The van der Waals surface area contributed by atoms with Crippen LogP contribution < -0.4 is 0 Å². The SMILES string of the molecule is O=C(O)c1cccn1CCCCBr. The number of unbranched alkanes of at least 4 members (excludes halogenated alkanes) is 1. The molecule has 1 N–H and O–H groups in total. The lowest BCUT2D eigenvalue weighted by molar-refractivity contribution is 0.0685. The molecule has 0 aromatic carbocycles. The van der Waals surface area contributed by atoms with Gasteiger partial charge in [-0.15, -0.1) is 0 Å². The Hall–Kier alpha value is -0.770. The summed E-state index contributed by atoms with van der Waals surface area (Å²) in [4.78, 5) is 10.7. The highest BCUT2D eigenvalue weighted by molar-refractivity contribution is 9.09. The number of halogens is 1. The average molecular weight is 246 g/mol. The van der Waals surface area contributed by atoms with Crippen LogP contribution in [0.3, 0.4) is 0 Å². The van der Waals surface area contributed by atoms with Crippen molar-refractivity contribution in [2.24, 2.45) is 0 Å². The second-order valence-electron chi connectivity index (χ2n) is 2.79. The molecule has 0 radical (unpaired) electrons. The highest BCUT2D eigenvalue weighted by Crippen LogP contribution is 2.05. The van der Waals surface area contributed by atoms with E-state index >= 15 is 0 Å². The van der Waals surface area contributed by atoms with Crippen LogP contribution in [-0.2, 0) is 6.54 Å². The summed E-state index contributed by atoms with van der Waals surface area (Å²) in [7, 11) is 0. The molecule has 13 heavy (non-hydrogen) atoms. The lowest BCUT2D eigenvalue weighted by Gasteiger charge is -2.04. The Morgan fingerprint density at radius 1 is 1.54 bits per heavy atom. The van der Waals surface area contributed by atoms with Crippen molar-refractivity contribution in [3.8, 4) is 0 Å². The van der Waals surface area contributed by atoms with Crippen LogP contribution in [0.25, 0.3) is 0 Å². The number of alkyl halides is 1. The van der Waals surface area contributed by atoms with Gasteiger partial charge in [-0.2, -0.15) is 0 Å². The molecule has 72 valence electrons. The predicted molar refractivity (Wildman–Crippen MR) is 54.4 cm³/mol. The van der Waals surface area contributed by atoms with E-state index in [0.717, 1.165) is 24.7 Å². The van der Waals surface area contributed by atoms with Crippen LogP contribution in [0.2, 0.25) is 0 Å². The Morgan fingerprint density at radius 3 is 2.92 bits per heavy atom. The van der Waals surface area contributed by atoms with Gasteiger partial charge in [-0.25, -0.2) is 4.79 Å². The molecule has 0 spiro atoms. The van der Waals surface area contributed by atoms with Crippen molar-refractivity contribution in [3.05, 3.63) is 24.0 Å². The maximum absolute atomic E-state index is 10.7. The number of carboxylic acids is 1. The smallest absolute Gasteiger partial charge is 0.352 e. The van der Waals surface area contributed by atoms with Crippen molar-refractivity contribution >= 4 is 21.9 Å². The zero-order chi connectivity index (χ0) is 9.68. The van der Waals surface area contributed by atoms with Crippen LogP contribution in [-0.4, -0.2) is 21.0 Å². The molecule has 0 fully saturated rings. The van der Waals surface area contributed by atoms with Crippen LogP contribution in [0, 0.1) is 0 Å². The van der Waals surface area contributed by atoms with E-state index < -0.39 is 5.97 Å². The quantitative estimate of drug-likeness (QED) is 0.640. The summed E-state index contributed by atoms with van der Waals surface area (Å²) in [6, 6.07) is 3.38. The molecule has 0 aliphatic carbocycles. The molecular formula is C9H12BrNO2. The van der Waals surface area contributed by atoms with Crippen LogP contribution in [0.15, 0.2) is 18.3 Å². The third-order valence-corrected chi connectivity index (χ3v) is 2.39. The number of rotatable bonds is 5. The van der Waals surface area contributed by atoms with Gasteiger partial charge in [0.1, 0.15) is 5.69 Å². The molecule has 3 nitrogen and oxygen atoms in total. The summed E-state index contributed by atoms with van der Waals surface area (Å²) < 4.78 is 1.77. The van der Waals surface area contributed by atoms with Crippen LogP contribution in [0.5, 0.6) is 0 Å². The minimum Gasteiger partial charge on any atom is -0.477 e.